The average molecular weight is 317 g/mol. The van der Waals surface area contributed by atoms with E-state index in [-0.39, 0.29) is 17.9 Å². The molecule has 0 spiro atoms. The summed E-state index contributed by atoms with van der Waals surface area (Å²) < 4.78 is 0. The van der Waals surface area contributed by atoms with Crippen molar-refractivity contribution in [1.29, 1.82) is 0 Å². The van der Waals surface area contributed by atoms with Gasteiger partial charge >= 0.3 is 0 Å². The second kappa shape index (κ2) is 6.29. The van der Waals surface area contributed by atoms with E-state index >= 15 is 0 Å². The maximum atomic E-state index is 12.4. The number of aryl methyl sites for hydroxylation is 1. The van der Waals surface area contributed by atoms with Crippen LogP contribution in [0.5, 0.6) is 0 Å². The van der Waals surface area contributed by atoms with E-state index in [4.69, 9.17) is 0 Å². The first-order valence-corrected chi connectivity index (χ1v) is 8.03. The molecule has 2 fully saturated rings. The van der Waals surface area contributed by atoms with Crippen LogP contribution in [0.25, 0.3) is 0 Å². The van der Waals surface area contributed by atoms with Crippen molar-refractivity contribution < 1.29 is 14.7 Å². The molecule has 3 rings (SSSR count). The van der Waals surface area contributed by atoms with Gasteiger partial charge in [-0.15, -0.1) is 0 Å². The molecular formula is C17H23N3O3. The summed E-state index contributed by atoms with van der Waals surface area (Å²) in [4.78, 5) is 26.1. The molecule has 0 aromatic heterocycles. The molecule has 2 heterocycles. The van der Waals surface area contributed by atoms with Crippen LogP contribution < -0.4 is 10.6 Å². The molecule has 124 valence electrons. The number of hydrogen-bond donors (Lipinski definition) is 3. The Bertz CT molecular complexity index is 617. The lowest BCUT2D eigenvalue weighted by Gasteiger charge is -2.35. The molecule has 1 aromatic rings. The number of carbonyl (C=O) groups excluding carboxylic acids is 2. The van der Waals surface area contributed by atoms with Crippen molar-refractivity contribution >= 4 is 11.8 Å². The number of nitrogens with zero attached hydrogens (tertiary/aromatic N) is 1. The summed E-state index contributed by atoms with van der Waals surface area (Å²) in [6, 6.07) is 7.09. The Hall–Kier alpha value is -1.92. The zero-order chi connectivity index (χ0) is 16.6. The number of aliphatic hydroxyl groups is 1. The van der Waals surface area contributed by atoms with Gasteiger partial charge in [0.25, 0.3) is 0 Å². The summed E-state index contributed by atoms with van der Waals surface area (Å²) >= 11 is 0. The van der Waals surface area contributed by atoms with E-state index in [0.717, 1.165) is 0 Å². The second-order valence-corrected chi connectivity index (χ2v) is 6.54. The fourth-order valence-corrected chi connectivity index (χ4v) is 3.38. The van der Waals surface area contributed by atoms with Crippen LogP contribution in [0.2, 0.25) is 0 Å². The fourth-order valence-electron chi connectivity index (χ4n) is 3.38. The van der Waals surface area contributed by atoms with E-state index in [9.17, 15) is 14.7 Å². The van der Waals surface area contributed by atoms with Crippen molar-refractivity contribution in [3.05, 3.63) is 35.4 Å². The van der Waals surface area contributed by atoms with E-state index < -0.39 is 18.2 Å². The van der Waals surface area contributed by atoms with Gasteiger partial charge in [-0.05, 0) is 25.8 Å². The van der Waals surface area contributed by atoms with E-state index in [1.54, 1.807) is 4.90 Å². The lowest BCUT2D eigenvalue weighted by molar-refractivity contribution is -0.149. The highest BCUT2D eigenvalue weighted by Crippen LogP contribution is 2.24. The maximum absolute atomic E-state index is 12.4. The molecule has 2 aliphatic heterocycles. The van der Waals surface area contributed by atoms with Gasteiger partial charge in [0.2, 0.25) is 11.8 Å². The number of nitrogens with one attached hydrogen (secondary N) is 2. The monoisotopic (exact) mass is 317 g/mol. The lowest BCUT2D eigenvalue weighted by atomic mass is 10.0. The standard InChI is InChI=1S/C17H23N3O3/c1-10-4-3-5-12(6-10)8-18-13-7-14-16(22)19-15(11(2)21)17(23)20(14)9-13/h3-6,11,13-15,18,21H,7-9H2,1-2H3,(H,19,22)/t11-,13+,14+,15+/m1/s1. The quantitative estimate of drug-likeness (QED) is 0.726. The van der Waals surface area contributed by atoms with Crippen LogP contribution in [0.1, 0.15) is 24.5 Å². The molecule has 2 aliphatic rings. The third-order valence-corrected chi connectivity index (χ3v) is 4.61. The Labute approximate surface area is 135 Å². The minimum atomic E-state index is -0.883. The van der Waals surface area contributed by atoms with Gasteiger partial charge in [-0.2, -0.15) is 0 Å². The predicted molar refractivity (Wildman–Crippen MR) is 85.5 cm³/mol. The first-order valence-electron chi connectivity index (χ1n) is 8.03. The first kappa shape index (κ1) is 16.0. The number of rotatable bonds is 4. The van der Waals surface area contributed by atoms with Crippen LogP contribution in [0.3, 0.4) is 0 Å². The molecular weight excluding hydrogens is 294 g/mol. The van der Waals surface area contributed by atoms with Crippen LogP contribution in [0.4, 0.5) is 0 Å². The largest absolute Gasteiger partial charge is 0.391 e. The van der Waals surface area contributed by atoms with Gasteiger partial charge in [0.15, 0.2) is 0 Å². The van der Waals surface area contributed by atoms with Gasteiger partial charge in [-0.3, -0.25) is 9.59 Å². The number of carbonyl (C=O) groups is 2. The number of fused-ring (bicyclic) bond motifs is 1. The minimum Gasteiger partial charge on any atom is -0.391 e. The van der Waals surface area contributed by atoms with Gasteiger partial charge in [0.05, 0.1) is 6.10 Å². The Morgan fingerprint density at radius 2 is 2.22 bits per heavy atom. The molecule has 23 heavy (non-hydrogen) atoms. The van der Waals surface area contributed by atoms with Gasteiger partial charge in [0.1, 0.15) is 12.1 Å². The number of amides is 2. The Balaban J connectivity index is 1.63. The predicted octanol–water partition coefficient (Wildman–Crippen LogP) is -0.0667. The van der Waals surface area contributed by atoms with Crippen molar-refractivity contribution in [3.8, 4) is 0 Å². The zero-order valence-electron chi connectivity index (χ0n) is 13.5. The smallest absolute Gasteiger partial charge is 0.248 e. The molecule has 3 N–H and O–H groups in total. The second-order valence-electron chi connectivity index (χ2n) is 6.54. The highest BCUT2D eigenvalue weighted by Gasteiger charge is 2.47. The van der Waals surface area contributed by atoms with Crippen LogP contribution in [-0.4, -0.2) is 52.6 Å². The number of hydrogen-bond acceptors (Lipinski definition) is 4. The number of piperazine rings is 1. The third kappa shape index (κ3) is 3.23. The molecule has 6 heteroatoms. The Kier molecular flexibility index (Phi) is 4.37. The first-order chi connectivity index (χ1) is 11.0. The highest BCUT2D eigenvalue weighted by atomic mass is 16.3. The molecule has 4 atom stereocenters. The number of aliphatic hydroxyl groups excluding tert-OH is 1. The lowest BCUT2D eigenvalue weighted by Crippen LogP contribution is -2.64. The van der Waals surface area contributed by atoms with Crippen molar-refractivity contribution in [3.63, 3.8) is 0 Å². The fraction of sp³-hybridized carbons (Fsp3) is 0.529. The van der Waals surface area contributed by atoms with E-state index in [1.807, 2.05) is 6.07 Å². The molecule has 6 nitrogen and oxygen atoms in total. The topological polar surface area (TPSA) is 81.7 Å². The third-order valence-electron chi connectivity index (χ3n) is 4.61. The van der Waals surface area contributed by atoms with Crippen LogP contribution in [-0.2, 0) is 16.1 Å². The van der Waals surface area contributed by atoms with Crippen molar-refractivity contribution in [2.24, 2.45) is 0 Å². The maximum Gasteiger partial charge on any atom is 0.248 e. The molecule has 1 aromatic carbocycles. The normalized spacial score (nSPS) is 28.5. The summed E-state index contributed by atoms with van der Waals surface area (Å²) in [7, 11) is 0. The van der Waals surface area contributed by atoms with Crippen LogP contribution >= 0.6 is 0 Å². The molecule has 0 unspecified atom stereocenters. The minimum absolute atomic E-state index is 0.0861. The Morgan fingerprint density at radius 1 is 1.43 bits per heavy atom. The van der Waals surface area contributed by atoms with E-state index in [1.165, 1.54) is 18.1 Å². The Morgan fingerprint density at radius 3 is 2.91 bits per heavy atom. The number of benzene rings is 1. The van der Waals surface area contributed by atoms with Gasteiger partial charge in [0, 0.05) is 19.1 Å². The van der Waals surface area contributed by atoms with E-state index in [0.29, 0.717) is 19.5 Å². The highest BCUT2D eigenvalue weighted by molar-refractivity contribution is 5.97. The van der Waals surface area contributed by atoms with Crippen LogP contribution in [0.15, 0.2) is 24.3 Å². The van der Waals surface area contributed by atoms with Gasteiger partial charge in [-0.1, -0.05) is 29.8 Å². The molecule has 0 saturated carbocycles. The van der Waals surface area contributed by atoms with Crippen molar-refractivity contribution in [2.45, 2.75) is 51.0 Å². The summed E-state index contributed by atoms with van der Waals surface area (Å²) in [6.45, 7) is 4.79. The van der Waals surface area contributed by atoms with Crippen molar-refractivity contribution in [1.82, 2.24) is 15.5 Å². The van der Waals surface area contributed by atoms with Gasteiger partial charge < -0.3 is 20.6 Å². The van der Waals surface area contributed by atoms with Crippen molar-refractivity contribution in [2.75, 3.05) is 6.54 Å². The van der Waals surface area contributed by atoms with E-state index in [2.05, 4.69) is 35.8 Å². The molecule has 2 saturated heterocycles. The van der Waals surface area contributed by atoms with Crippen LogP contribution in [0, 0.1) is 6.92 Å². The summed E-state index contributed by atoms with van der Waals surface area (Å²) in [5.41, 5.74) is 2.40. The molecule has 0 bridgehead atoms. The average Bonchev–Trinajstić information content (AvgIpc) is 2.94. The molecule has 0 aliphatic carbocycles. The summed E-state index contributed by atoms with van der Waals surface area (Å²) in [6.07, 6.45) is -0.276. The van der Waals surface area contributed by atoms with Gasteiger partial charge in [-0.25, -0.2) is 0 Å². The molecule has 2 amide bonds. The zero-order valence-corrected chi connectivity index (χ0v) is 13.5. The SMILES string of the molecule is Cc1cccc(CN[C@H]2C[C@H]3C(=O)N[C@@H]([C@@H](C)O)C(=O)N3C2)c1. The summed E-state index contributed by atoms with van der Waals surface area (Å²) in [5, 5.41) is 15.7. The summed E-state index contributed by atoms with van der Waals surface area (Å²) in [5.74, 6) is -0.361. The molecule has 0 radical (unpaired) electrons.